The van der Waals surface area contributed by atoms with Crippen molar-refractivity contribution in [2.24, 2.45) is 0 Å². The second-order valence-electron chi connectivity index (χ2n) is 5.41. The van der Waals surface area contributed by atoms with Gasteiger partial charge in [-0.1, -0.05) is 23.4 Å². The number of nitrogens with one attached hydrogen (secondary N) is 1. The molecule has 1 saturated heterocycles. The third kappa shape index (κ3) is 2.95. The van der Waals surface area contributed by atoms with Gasteiger partial charge in [0, 0.05) is 18.2 Å². The van der Waals surface area contributed by atoms with Crippen molar-refractivity contribution in [3.05, 3.63) is 47.6 Å². The zero-order valence-electron chi connectivity index (χ0n) is 12.1. The Hall–Kier alpha value is -2.21. The Morgan fingerprint density at radius 1 is 1.38 bits per heavy atom. The minimum Gasteiger partial charge on any atom is -0.348 e. The molecule has 6 heteroatoms. The molecule has 1 aliphatic heterocycles. The molecular formula is C15H18N4O2. The highest BCUT2D eigenvalue weighted by Crippen LogP contribution is 2.29. The van der Waals surface area contributed by atoms with E-state index in [0.717, 1.165) is 13.0 Å². The summed E-state index contributed by atoms with van der Waals surface area (Å²) in [4.78, 5) is 18.6. The second kappa shape index (κ2) is 5.65. The van der Waals surface area contributed by atoms with Crippen LogP contribution >= 0.6 is 0 Å². The summed E-state index contributed by atoms with van der Waals surface area (Å²) in [6.45, 7) is 2.57. The SMILES string of the molecule is Cc1noc(C2CC(NC(=O)c3ccccc3)CN2C)n1. The van der Waals surface area contributed by atoms with Gasteiger partial charge in [-0.25, -0.2) is 0 Å². The molecule has 1 N–H and O–H groups in total. The molecule has 1 aromatic carbocycles. The zero-order valence-corrected chi connectivity index (χ0v) is 12.1. The van der Waals surface area contributed by atoms with Gasteiger partial charge in [-0.15, -0.1) is 0 Å². The Kier molecular flexibility index (Phi) is 3.70. The predicted octanol–water partition coefficient (Wildman–Crippen LogP) is 1.55. The standard InChI is InChI=1S/C15H18N4O2/c1-10-16-15(21-18-10)13-8-12(9-19(13)2)17-14(20)11-6-4-3-5-7-11/h3-7,12-13H,8-9H2,1-2H3,(H,17,20). The van der Waals surface area contributed by atoms with Crippen LogP contribution in [0.3, 0.4) is 0 Å². The Bertz CT molecular complexity index is 626. The van der Waals surface area contributed by atoms with Crippen molar-refractivity contribution in [1.82, 2.24) is 20.4 Å². The number of hydrogen-bond acceptors (Lipinski definition) is 5. The fourth-order valence-electron chi connectivity index (χ4n) is 2.70. The maximum Gasteiger partial charge on any atom is 0.251 e. The molecule has 3 rings (SSSR count). The first-order valence-corrected chi connectivity index (χ1v) is 7.00. The van der Waals surface area contributed by atoms with Crippen LogP contribution in [0.25, 0.3) is 0 Å². The van der Waals surface area contributed by atoms with E-state index in [-0.39, 0.29) is 18.0 Å². The molecule has 21 heavy (non-hydrogen) atoms. The summed E-state index contributed by atoms with van der Waals surface area (Å²) in [5.74, 6) is 1.21. The predicted molar refractivity (Wildman–Crippen MR) is 76.7 cm³/mol. The van der Waals surface area contributed by atoms with Crippen LogP contribution in [0.5, 0.6) is 0 Å². The van der Waals surface area contributed by atoms with Crippen LogP contribution < -0.4 is 5.32 Å². The van der Waals surface area contributed by atoms with Gasteiger partial charge in [-0.3, -0.25) is 9.69 Å². The van der Waals surface area contributed by atoms with Gasteiger partial charge in [0.05, 0.1) is 6.04 Å². The number of carbonyl (C=O) groups excluding carboxylic acids is 1. The highest BCUT2D eigenvalue weighted by molar-refractivity contribution is 5.94. The van der Waals surface area contributed by atoms with E-state index in [4.69, 9.17) is 4.52 Å². The third-order valence-electron chi connectivity index (χ3n) is 3.75. The largest absolute Gasteiger partial charge is 0.348 e. The molecule has 0 spiro atoms. The summed E-state index contributed by atoms with van der Waals surface area (Å²) in [6.07, 6.45) is 0.775. The molecule has 1 amide bonds. The van der Waals surface area contributed by atoms with Gasteiger partial charge in [-0.05, 0) is 32.5 Å². The van der Waals surface area contributed by atoms with E-state index >= 15 is 0 Å². The molecule has 0 bridgehead atoms. The summed E-state index contributed by atoms with van der Waals surface area (Å²) < 4.78 is 5.24. The van der Waals surface area contributed by atoms with Gasteiger partial charge in [0.25, 0.3) is 5.91 Å². The van der Waals surface area contributed by atoms with Gasteiger partial charge in [0.2, 0.25) is 5.89 Å². The van der Waals surface area contributed by atoms with E-state index in [1.54, 1.807) is 6.92 Å². The van der Waals surface area contributed by atoms with Crippen LogP contribution in [0.4, 0.5) is 0 Å². The maximum absolute atomic E-state index is 12.2. The molecule has 2 aromatic rings. The van der Waals surface area contributed by atoms with Crippen LogP contribution in [-0.2, 0) is 0 Å². The van der Waals surface area contributed by atoms with Gasteiger partial charge in [-0.2, -0.15) is 4.98 Å². The number of carbonyl (C=O) groups is 1. The van der Waals surface area contributed by atoms with Crippen molar-refractivity contribution >= 4 is 5.91 Å². The van der Waals surface area contributed by atoms with Crippen molar-refractivity contribution in [1.29, 1.82) is 0 Å². The van der Waals surface area contributed by atoms with Crippen molar-refractivity contribution in [2.45, 2.75) is 25.4 Å². The summed E-state index contributed by atoms with van der Waals surface area (Å²) in [5, 5.41) is 6.89. The Morgan fingerprint density at radius 3 is 2.81 bits per heavy atom. The van der Waals surface area contributed by atoms with E-state index < -0.39 is 0 Å². The van der Waals surface area contributed by atoms with E-state index in [1.807, 2.05) is 37.4 Å². The van der Waals surface area contributed by atoms with Crippen LogP contribution in [0.2, 0.25) is 0 Å². The first kappa shape index (κ1) is 13.8. The lowest BCUT2D eigenvalue weighted by molar-refractivity contribution is 0.0938. The average Bonchev–Trinajstić information content (AvgIpc) is 3.06. The van der Waals surface area contributed by atoms with E-state index in [2.05, 4.69) is 20.4 Å². The second-order valence-corrected chi connectivity index (χ2v) is 5.41. The first-order valence-electron chi connectivity index (χ1n) is 7.00. The van der Waals surface area contributed by atoms with Gasteiger partial charge >= 0.3 is 0 Å². The molecular weight excluding hydrogens is 268 g/mol. The normalized spacial score (nSPS) is 22.4. The number of benzene rings is 1. The number of likely N-dealkylation sites (N-methyl/N-ethyl adjacent to an activating group) is 1. The number of nitrogens with zero attached hydrogens (tertiary/aromatic N) is 3. The topological polar surface area (TPSA) is 71.3 Å². The highest BCUT2D eigenvalue weighted by Gasteiger charge is 2.35. The fraction of sp³-hybridized carbons (Fsp3) is 0.400. The molecule has 0 saturated carbocycles. The van der Waals surface area contributed by atoms with Crippen LogP contribution in [-0.4, -0.2) is 40.6 Å². The summed E-state index contributed by atoms with van der Waals surface area (Å²) >= 11 is 0. The molecule has 1 aliphatic rings. The lowest BCUT2D eigenvalue weighted by Gasteiger charge is -2.14. The van der Waals surface area contributed by atoms with Gasteiger partial charge in [0.1, 0.15) is 0 Å². The van der Waals surface area contributed by atoms with Crippen LogP contribution in [0, 0.1) is 6.92 Å². The average molecular weight is 286 g/mol. The smallest absolute Gasteiger partial charge is 0.251 e. The van der Waals surface area contributed by atoms with Crippen LogP contribution in [0.1, 0.15) is 34.5 Å². The number of aromatic nitrogens is 2. The number of hydrogen-bond donors (Lipinski definition) is 1. The van der Waals surface area contributed by atoms with Crippen LogP contribution in [0.15, 0.2) is 34.9 Å². The molecule has 110 valence electrons. The molecule has 1 aromatic heterocycles. The van der Waals surface area contributed by atoms with E-state index in [9.17, 15) is 4.79 Å². The number of likely N-dealkylation sites (tertiary alicyclic amines) is 1. The minimum absolute atomic E-state index is 0.0450. The Morgan fingerprint density at radius 2 is 2.14 bits per heavy atom. The zero-order chi connectivity index (χ0) is 14.8. The molecule has 2 atom stereocenters. The van der Waals surface area contributed by atoms with Crippen molar-refractivity contribution in [3.8, 4) is 0 Å². The molecule has 0 aliphatic carbocycles. The quantitative estimate of drug-likeness (QED) is 0.927. The maximum atomic E-state index is 12.2. The number of amides is 1. The summed E-state index contributed by atoms with van der Waals surface area (Å²) in [6, 6.07) is 9.39. The molecule has 2 unspecified atom stereocenters. The van der Waals surface area contributed by atoms with Gasteiger partial charge in [0.15, 0.2) is 5.82 Å². The van der Waals surface area contributed by atoms with E-state index in [1.165, 1.54) is 0 Å². The van der Waals surface area contributed by atoms with Gasteiger partial charge < -0.3 is 9.84 Å². The van der Waals surface area contributed by atoms with Crippen molar-refractivity contribution in [2.75, 3.05) is 13.6 Å². The monoisotopic (exact) mass is 286 g/mol. The number of rotatable bonds is 3. The molecule has 1 fully saturated rings. The Labute approximate surface area is 123 Å². The molecule has 6 nitrogen and oxygen atoms in total. The third-order valence-corrected chi connectivity index (χ3v) is 3.75. The Balaban J connectivity index is 1.65. The molecule has 0 radical (unpaired) electrons. The highest BCUT2D eigenvalue weighted by atomic mass is 16.5. The lowest BCUT2D eigenvalue weighted by atomic mass is 10.1. The molecule has 2 heterocycles. The minimum atomic E-state index is -0.0450. The fourth-order valence-corrected chi connectivity index (χ4v) is 2.70. The summed E-state index contributed by atoms with van der Waals surface area (Å²) in [5.41, 5.74) is 0.678. The first-order chi connectivity index (χ1) is 10.1. The lowest BCUT2D eigenvalue weighted by Crippen LogP contribution is -2.36. The van der Waals surface area contributed by atoms with Crippen molar-refractivity contribution < 1.29 is 9.32 Å². The van der Waals surface area contributed by atoms with Crippen molar-refractivity contribution in [3.63, 3.8) is 0 Å². The summed E-state index contributed by atoms with van der Waals surface area (Å²) in [7, 11) is 2.00. The van der Waals surface area contributed by atoms with E-state index in [0.29, 0.717) is 17.3 Å². The number of aryl methyl sites for hydroxylation is 1.